The minimum atomic E-state index is -1.07. The number of amides is 2. The van der Waals surface area contributed by atoms with Crippen molar-refractivity contribution in [1.82, 2.24) is 5.32 Å². The summed E-state index contributed by atoms with van der Waals surface area (Å²) in [4.78, 5) is 23.0. The molecule has 1 aromatic carbocycles. The van der Waals surface area contributed by atoms with Crippen molar-refractivity contribution in [3.63, 3.8) is 0 Å². The average molecular weight is 341 g/mol. The fourth-order valence-electron chi connectivity index (χ4n) is 2.25. The van der Waals surface area contributed by atoms with Crippen LogP contribution in [0.3, 0.4) is 0 Å². The standard InChI is InChI=1S/C14H17BrN2O3/c1-2-3-8-6-11(8)16-14(20)17-12-7-9(15)4-5-10(12)13(18)19/h4-5,7-8,11H,2-3,6H2,1H3,(H,18,19)(H2,16,17,20). The van der Waals surface area contributed by atoms with Gasteiger partial charge in [-0.3, -0.25) is 0 Å². The van der Waals surface area contributed by atoms with E-state index in [0.29, 0.717) is 10.4 Å². The lowest BCUT2D eigenvalue weighted by molar-refractivity contribution is 0.0698. The lowest BCUT2D eigenvalue weighted by atomic mass is 10.2. The molecule has 2 unspecified atom stereocenters. The monoisotopic (exact) mass is 340 g/mol. The molecule has 108 valence electrons. The first-order valence-corrected chi connectivity index (χ1v) is 7.41. The molecule has 2 rings (SSSR count). The van der Waals surface area contributed by atoms with Gasteiger partial charge in [-0.25, -0.2) is 9.59 Å². The third-order valence-corrected chi connectivity index (χ3v) is 3.85. The number of carboxylic acid groups (broad SMARTS) is 1. The van der Waals surface area contributed by atoms with Crippen LogP contribution in [0.2, 0.25) is 0 Å². The van der Waals surface area contributed by atoms with Crippen LogP contribution in [0.5, 0.6) is 0 Å². The number of halogens is 1. The van der Waals surface area contributed by atoms with Gasteiger partial charge < -0.3 is 15.7 Å². The summed E-state index contributed by atoms with van der Waals surface area (Å²) >= 11 is 3.26. The first-order chi connectivity index (χ1) is 9.51. The van der Waals surface area contributed by atoms with Gasteiger partial charge in [-0.1, -0.05) is 29.3 Å². The third kappa shape index (κ3) is 3.72. The Morgan fingerprint density at radius 3 is 2.85 bits per heavy atom. The van der Waals surface area contributed by atoms with Gasteiger partial charge in [0.25, 0.3) is 0 Å². The highest BCUT2D eigenvalue weighted by atomic mass is 79.9. The van der Waals surface area contributed by atoms with E-state index in [1.165, 1.54) is 6.07 Å². The van der Waals surface area contributed by atoms with Crippen LogP contribution in [0.15, 0.2) is 22.7 Å². The molecule has 2 amide bonds. The van der Waals surface area contributed by atoms with Crippen LogP contribution in [0.1, 0.15) is 36.5 Å². The summed E-state index contributed by atoms with van der Waals surface area (Å²) in [5, 5.41) is 14.6. The molecule has 1 aromatic rings. The molecule has 0 aliphatic heterocycles. The summed E-state index contributed by atoms with van der Waals surface area (Å²) in [6.45, 7) is 2.12. The zero-order valence-corrected chi connectivity index (χ0v) is 12.7. The number of nitrogens with one attached hydrogen (secondary N) is 2. The van der Waals surface area contributed by atoms with Crippen molar-refractivity contribution in [2.45, 2.75) is 32.2 Å². The average Bonchev–Trinajstić information content (AvgIpc) is 3.07. The molecule has 0 saturated heterocycles. The van der Waals surface area contributed by atoms with E-state index in [1.807, 2.05) is 0 Å². The second-order valence-electron chi connectivity index (χ2n) is 4.98. The number of rotatable bonds is 5. The normalized spacial score (nSPS) is 20.3. The van der Waals surface area contributed by atoms with Gasteiger partial charge in [0.2, 0.25) is 0 Å². The van der Waals surface area contributed by atoms with Crippen LogP contribution in [-0.2, 0) is 0 Å². The number of hydrogen-bond donors (Lipinski definition) is 3. The molecule has 2 atom stereocenters. The third-order valence-electron chi connectivity index (χ3n) is 3.36. The van der Waals surface area contributed by atoms with Gasteiger partial charge in [-0.2, -0.15) is 0 Å². The summed E-state index contributed by atoms with van der Waals surface area (Å²) in [7, 11) is 0. The van der Waals surface area contributed by atoms with Crippen molar-refractivity contribution in [3.05, 3.63) is 28.2 Å². The molecule has 1 saturated carbocycles. The van der Waals surface area contributed by atoms with E-state index in [2.05, 4.69) is 33.5 Å². The molecule has 0 bridgehead atoms. The van der Waals surface area contributed by atoms with E-state index >= 15 is 0 Å². The zero-order valence-electron chi connectivity index (χ0n) is 11.1. The van der Waals surface area contributed by atoms with Crippen molar-refractivity contribution < 1.29 is 14.7 Å². The molecule has 5 nitrogen and oxygen atoms in total. The Kier molecular flexibility index (Phi) is 4.65. The Hall–Kier alpha value is -1.56. The van der Waals surface area contributed by atoms with Crippen LogP contribution < -0.4 is 10.6 Å². The lowest BCUT2D eigenvalue weighted by Crippen LogP contribution is -2.32. The predicted molar refractivity (Wildman–Crippen MR) is 80.1 cm³/mol. The molecule has 0 spiro atoms. The Morgan fingerprint density at radius 1 is 1.45 bits per heavy atom. The number of carboxylic acids is 1. The SMILES string of the molecule is CCCC1CC1NC(=O)Nc1cc(Br)ccc1C(=O)O. The minimum absolute atomic E-state index is 0.0734. The first kappa shape index (κ1) is 14.8. The molecule has 1 aliphatic carbocycles. The molecule has 3 N–H and O–H groups in total. The Bertz CT molecular complexity index is 533. The smallest absolute Gasteiger partial charge is 0.337 e. The van der Waals surface area contributed by atoms with Crippen molar-refractivity contribution in [2.24, 2.45) is 5.92 Å². The lowest BCUT2D eigenvalue weighted by Gasteiger charge is -2.10. The van der Waals surface area contributed by atoms with Gasteiger partial charge in [-0.05, 0) is 37.0 Å². The van der Waals surface area contributed by atoms with Crippen molar-refractivity contribution in [2.75, 3.05) is 5.32 Å². The Morgan fingerprint density at radius 2 is 2.20 bits per heavy atom. The summed E-state index contributed by atoms with van der Waals surface area (Å²) in [5.41, 5.74) is 0.362. The number of carbonyl (C=O) groups excluding carboxylic acids is 1. The summed E-state index contributed by atoms with van der Waals surface area (Å²) in [6.07, 6.45) is 3.23. The van der Waals surface area contributed by atoms with Gasteiger partial charge in [-0.15, -0.1) is 0 Å². The fraction of sp³-hybridized carbons (Fsp3) is 0.429. The van der Waals surface area contributed by atoms with Crippen molar-refractivity contribution in [1.29, 1.82) is 0 Å². The molecular formula is C14H17BrN2O3. The zero-order chi connectivity index (χ0) is 14.7. The highest BCUT2D eigenvalue weighted by Crippen LogP contribution is 2.34. The largest absolute Gasteiger partial charge is 0.478 e. The van der Waals surface area contributed by atoms with E-state index in [0.717, 1.165) is 19.3 Å². The van der Waals surface area contributed by atoms with Gasteiger partial charge in [0.05, 0.1) is 11.3 Å². The van der Waals surface area contributed by atoms with Gasteiger partial charge in [0.15, 0.2) is 0 Å². The quantitative estimate of drug-likeness (QED) is 0.767. The maximum absolute atomic E-state index is 11.9. The number of carbonyl (C=O) groups is 2. The molecule has 0 heterocycles. The molecular weight excluding hydrogens is 324 g/mol. The number of anilines is 1. The van der Waals surface area contributed by atoms with Crippen molar-refractivity contribution in [3.8, 4) is 0 Å². The molecule has 0 radical (unpaired) electrons. The molecule has 0 aromatic heterocycles. The number of urea groups is 1. The molecule has 20 heavy (non-hydrogen) atoms. The number of aromatic carboxylic acids is 1. The summed E-state index contributed by atoms with van der Waals surface area (Å²) in [6, 6.07) is 4.54. The topological polar surface area (TPSA) is 78.4 Å². The van der Waals surface area contributed by atoms with E-state index in [-0.39, 0.29) is 23.3 Å². The van der Waals surface area contributed by atoms with Gasteiger partial charge in [0, 0.05) is 10.5 Å². The van der Waals surface area contributed by atoms with Gasteiger partial charge in [0.1, 0.15) is 0 Å². The Labute approximate surface area is 125 Å². The maximum atomic E-state index is 11.9. The predicted octanol–water partition coefficient (Wildman–Crippen LogP) is 3.46. The van der Waals surface area contributed by atoms with Crippen LogP contribution in [0.4, 0.5) is 10.5 Å². The molecule has 1 aliphatic rings. The van der Waals surface area contributed by atoms with E-state index in [1.54, 1.807) is 12.1 Å². The highest BCUT2D eigenvalue weighted by Gasteiger charge is 2.37. The van der Waals surface area contributed by atoms with Crippen LogP contribution in [0, 0.1) is 5.92 Å². The molecule has 6 heteroatoms. The van der Waals surface area contributed by atoms with Crippen LogP contribution in [0.25, 0.3) is 0 Å². The first-order valence-electron chi connectivity index (χ1n) is 6.61. The second kappa shape index (κ2) is 6.26. The van der Waals surface area contributed by atoms with Crippen molar-refractivity contribution >= 4 is 33.6 Å². The summed E-state index contributed by atoms with van der Waals surface area (Å²) < 4.78 is 0.716. The van der Waals surface area contributed by atoms with Crippen LogP contribution >= 0.6 is 15.9 Å². The second-order valence-corrected chi connectivity index (χ2v) is 5.90. The van der Waals surface area contributed by atoms with E-state index in [9.17, 15) is 9.59 Å². The fourth-order valence-corrected chi connectivity index (χ4v) is 2.61. The van der Waals surface area contributed by atoms with Crippen LogP contribution in [-0.4, -0.2) is 23.1 Å². The number of benzene rings is 1. The number of hydrogen-bond acceptors (Lipinski definition) is 2. The van der Waals surface area contributed by atoms with E-state index < -0.39 is 5.97 Å². The summed E-state index contributed by atoms with van der Waals surface area (Å²) in [5.74, 6) is -0.504. The highest BCUT2D eigenvalue weighted by molar-refractivity contribution is 9.10. The molecule has 1 fully saturated rings. The maximum Gasteiger partial charge on any atom is 0.337 e. The Balaban J connectivity index is 1.97. The van der Waals surface area contributed by atoms with Gasteiger partial charge >= 0.3 is 12.0 Å². The van der Waals surface area contributed by atoms with E-state index in [4.69, 9.17) is 5.11 Å². The minimum Gasteiger partial charge on any atom is -0.478 e.